The van der Waals surface area contributed by atoms with Crippen molar-refractivity contribution in [3.8, 4) is 5.75 Å². The van der Waals surface area contributed by atoms with E-state index in [0.717, 1.165) is 12.2 Å². The molecule has 1 aromatic carbocycles. The topological polar surface area (TPSA) is 35.2 Å². The fourth-order valence-electron chi connectivity index (χ4n) is 2.35. The summed E-state index contributed by atoms with van der Waals surface area (Å²) in [5, 5.41) is 0. The molecule has 0 aromatic heterocycles. The van der Waals surface area contributed by atoms with Crippen LogP contribution in [0.4, 0.5) is 0 Å². The molecule has 0 aliphatic carbocycles. The molecule has 0 aliphatic rings. The summed E-state index contributed by atoms with van der Waals surface area (Å²) in [6.45, 7) is 9.17. The Kier molecular flexibility index (Phi) is 5.02. The zero-order chi connectivity index (χ0) is 13.2. The van der Waals surface area contributed by atoms with Gasteiger partial charge in [0.15, 0.2) is 0 Å². The molecule has 1 aromatic rings. The summed E-state index contributed by atoms with van der Waals surface area (Å²) in [5.74, 6) is 1.36. The second-order valence-corrected chi connectivity index (χ2v) is 5.27. The number of rotatable bonds is 4. The molecular weight excluding hydrogens is 278 g/mol. The van der Waals surface area contributed by atoms with Crippen LogP contribution < -0.4 is 10.5 Å². The van der Waals surface area contributed by atoms with E-state index in [9.17, 15) is 0 Å². The van der Waals surface area contributed by atoms with Crippen LogP contribution >= 0.6 is 15.9 Å². The normalized spacial score (nSPS) is 12.6. The van der Waals surface area contributed by atoms with Crippen molar-refractivity contribution in [1.82, 2.24) is 0 Å². The molecule has 17 heavy (non-hydrogen) atoms. The molecule has 0 amide bonds. The molecule has 0 radical (unpaired) electrons. The van der Waals surface area contributed by atoms with Gasteiger partial charge >= 0.3 is 0 Å². The number of nitrogens with two attached hydrogens (primary N) is 1. The van der Waals surface area contributed by atoms with Gasteiger partial charge in [0.05, 0.1) is 7.11 Å². The number of methoxy groups -OCH3 is 1. The van der Waals surface area contributed by atoms with Crippen molar-refractivity contribution in [2.24, 2.45) is 5.73 Å². The molecule has 0 fully saturated rings. The highest BCUT2D eigenvalue weighted by molar-refractivity contribution is 9.10. The molecule has 3 heteroatoms. The van der Waals surface area contributed by atoms with Crippen LogP contribution in [0, 0.1) is 20.8 Å². The van der Waals surface area contributed by atoms with Crippen LogP contribution in [0.25, 0.3) is 0 Å². The summed E-state index contributed by atoms with van der Waals surface area (Å²) in [6, 6.07) is 0. The minimum Gasteiger partial charge on any atom is -0.496 e. The first-order valence-corrected chi connectivity index (χ1v) is 6.81. The molecule has 2 nitrogen and oxygen atoms in total. The molecule has 2 N–H and O–H groups in total. The minimum absolute atomic E-state index is 0.362. The first-order valence-electron chi connectivity index (χ1n) is 6.02. The number of hydrogen-bond acceptors (Lipinski definition) is 2. The molecule has 0 bridgehead atoms. The first-order chi connectivity index (χ1) is 7.99. The SMILES string of the molecule is CCC(CN)c1c(C)c(Br)c(C)c(C)c1OC. The third kappa shape index (κ3) is 2.50. The highest BCUT2D eigenvalue weighted by atomic mass is 79.9. The maximum Gasteiger partial charge on any atom is 0.125 e. The summed E-state index contributed by atoms with van der Waals surface area (Å²) in [5.41, 5.74) is 10.8. The molecule has 1 unspecified atom stereocenters. The molecule has 1 rings (SSSR count). The second-order valence-electron chi connectivity index (χ2n) is 4.48. The Morgan fingerprint density at radius 3 is 2.18 bits per heavy atom. The Balaban J connectivity index is 3.56. The third-order valence-corrected chi connectivity index (χ3v) is 4.79. The van der Waals surface area contributed by atoms with E-state index >= 15 is 0 Å². The Hall–Kier alpha value is -0.540. The first kappa shape index (κ1) is 14.5. The Morgan fingerprint density at radius 2 is 1.76 bits per heavy atom. The van der Waals surface area contributed by atoms with Gasteiger partial charge in [-0.1, -0.05) is 22.9 Å². The summed E-state index contributed by atoms with van der Waals surface area (Å²) in [7, 11) is 1.74. The summed E-state index contributed by atoms with van der Waals surface area (Å²) in [6.07, 6.45) is 1.03. The van der Waals surface area contributed by atoms with Gasteiger partial charge < -0.3 is 10.5 Å². The summed E-state index contributed by atoms with van der Waals surface area (Å²) in [4.78, 5) is 0. The molecular formula is C14H22BrNO. The standard InChI is InChI=1S/C14H22BrNO/c1-6-11(7-16)12-10(4)13(15)8(2)9(3)14(12)17-5/h11H,6-7,16H2,1-5H3. The highest BCUT2D eigenvalue weighted by Gasteiger charge is 2.21. The number of hydrogen-bond donors (Lipinski definition) is 1. The van der Waals surface area contributed by atoms with Gasteiger partial charge in [-0.05, 0) is 56.3 Å². The van der Waals surface area contributed by atoms with E-state index in [1.165, 1.54) is 26.7 Å². The van der Waals surface area contributed by atoms with Gasteiger partial charge in [0.2, 0.25) is 0 Å². The van der Waals surface area contributed by atoms with E-state index in [-0.39, 0.29) is 0 Å². The zero-order valence-electron chi connectivity index (χ0n) is 11.4. The van der Waals surface area contributed by atoms with Gasteiger partial charge in [-0.2, -0.15) is 0 Å². The van der Waals surface area contributed by atoms with Crippen LogP contribution in [0.15, 0.2) is 4.47 Å². The van der Waals surface area contributed by atoms with Crippen molar-refractivity contribution in [1.29, 1.82) is 0 Å². The van der Waals surface area contributed by atoms with Gasteiger partial charge in [0, 0.05) is 10.0 Å². The van der Waals surface area contributed by atoms with Gasteiger partial charge in [0.25, 0.3) is 0 Å². The zero-order valence-corrected chi connectivity index (χ0v) is 12.9. The summed E-state index contributed by atoms with van der Waals surface area (Å²) < 4.78 is 6.78. The van der Waals surface area contributed by atoms with E-state index < -0.39 is 0 Å². The van der Waals surface area contributed by atoms with E-state index in [2.05, 4.69) is 43.6 Å². The van der Waals surface area contributed by atoms with Crippen LogP contribution in [0.2, 0.25) is 0 Å². The summed E-state index contributed by atoms with van der Waals surface area (Å²) >= 11 is 3.67. The van der Waals surface area contributed by atoms with Crippen molar-refractivity contribution in [3.05, 3.63) is 26.7 Å². The van der Waals surface area contributed by atoms with E-state index in [0.29, 0.717) is 12.5 Å². The molecule has 0 spiro atoms. The maximum absolute atomic E-state index is 5.88. The fraction of sp³-hybridized carbons (Fsp3) is 0.571. The van der Waals surface area contributed by atoms with Gasteiger partial charge in [-0.3, -0.25) is 0 Å². The maximum atomic E-state index is 5.88. The fourth-order valence-corrected chi connectivity index (χ4v) is 2.86. The highest BCUT2D eigenvalue weighted by Crippen LogP contribution is 2.40. The minimum atomic E-state index is 0.362. The van der Waals surface area contributed by atoms with Crippen molar-refractivity contribution < 1.29 is 4.74 Å². The Morgan fingerprint density at radius 1 is 1.18 bits per heavy atom. The van der Waals surface area contributed by atoms with Gasteiger partial charge in [0.1, 0.15) is 5.75 Å². The molecule has 1 atom stereocenters. The van der Waals surface area contributed by atoms with Gasteiger partial charge in [-0.15, -0.1) is 0 Å². The molecule has 96 valence electrons. The lowest BCUT2D eigenvalue weighted by molar-refractivity contribution is 0.400. The van der Waals surface area contributed by atoms with Crippen molar-refractivity contribution in [2.75, 3.05) is 13.7 Å². The number of halogens is 1. The van der Waals surface area contributed by atoms with Crippen LogP contribution in [-0.4, -0.2) is 13.7 Å². The van der Waals surface area contributed by atoms with Crippen LogP contribution in [-0.2, 0) is 0 Å². The van der Waals surface area contributed by atoms with Gasteiger partial charge in [-0.25, -0.2) is 0 Å². The lowest BCUT2D eigenvalue weighted by atomic mass is 9.88. The lowest BCUT2D eigenvalue weighted by Crippen LogP contribution is -2.15. The van der Waals surface area contributed by atoms with E-state index in [1.54, 1.807) is 7.11 Å². The van der Waals surface area contributed by atoms with E-state index in [1.807, 2.05) is 0 Å². The Labute approximate surface area is 113 Å². The van der Waals surface area contributed by atoms with Crippen molar-refractivity contribution in [2.45, 2.75) is 40.0 Å². The monoisotopic (exact) mass is 299 g/mol. The van der Waals surface area contributed by atoms with E-state index in [4.69, 9.17) is 10.5 Å². The smallest absolute Gasteiger partial charge is 0.125 e. The third-order valence-electron chi connectivity index (χ3n) is 3.60. The molecule has 0 heterocycles. The van der Waals surface area contributed by atoms with Crippen LogP contribution in [0.3, 0.4) is 0 Å². The Bertz CT molecular complexity index is 411. The predicted molar refractivity (Wildman–Crippen MR) is 77.0 cm³/mol. The average Bonchev–Trinajstić information content (AvgIpc) is 2.34. The largest absolute Gasteiger partial charge is 0.496 e. The quantitative estimate of drug-likeness (QED) is 0.917. The predicted octanol–water partition coefficient (Wildman–Crippen LogP) is 3.84. The molecule has 0 saturated heterocycles. The van der Waals surface area contributed by atoms with Crippen molar-refractivity contribution in [3.63, 3.8) is 0 Å². The molecule has 0 aliphatic heterocycles. The lowest BCUT2D eigenvalue weighted by Gasteiger charge is -2.23. The average molecular weight is 300 g/mol. The molecule has 0 saturated carbocycles. The van der Waals surface area contributed by atoms with Crippen molar-refractivity contribution >= 4 is 15.9 Å². The number of benzene rings is 1. The number of ether oxygens (including phenoxy) is 1. The van der Waals surface area contributed by atoms with Crippen LogP contribution in [0.5, 0.6) is 5.75 Å². The second kappa shape index (κ2) is 5.87. The van der Waals surface area contributed by atoms with Crippen LogP contribution in [0.1, 0.15) is 41.5 Å².